The number of hydrogen-bond acceptors (Lipinski definition) is 3. The molecule has 29 heavy (non-hydrogen) atoms. The molecular formula is C22H16Br2N4O. The van der Waals surface area contributed by atoms with Crippen LogP contribution >= 0.6 is 31.9 Å². The third-order valence-electron chi connectivity index (χ3n) is 4.24. The van der Waals surface area contributed by atoms with Gasteiger partial charge in [-0.25, -0.2) is 9.67 Å². The number of amides is 1. The van der Waals surface area contributed by atoms with Gasteiger partial charge >= 0.3 is 0 Å². The molecular weight excluding hydrogens is 496 g/mol. The molecule has 0 spiro atoms. The number of halogens is 2. The summed E-state index contributed by atoms with van der Waals surface area (Å²) >= 11 is 6.86. The summed E-state index contributed by atoms with van der Waals surface area (Å²) < 4.78 is 3.53. The lowest BCUT2D eigenvalue weighted by Crippen LogP contribution is -2.14. The number of nitrogens with zero attached hydrogens (tertiary/aromatic N) is 3. The van der Waals surface area contributed by atoms with Gasteiger partial charge in [0.15, 0.2) is 5.82 Å². The first kappa shape index (κ1) is 19.5. The minimum Gasteiger partial charge on any atom is -0.319 e. The van der Waals surface area contributed by atoms with Crippen molar-refractivity contribution < 1.29 is 4.79 Å². The second-order valence-electron chi connectivity index (χ2n) is 6.48. The standard InChI is InChI=1S/C22H16Br2N4O/c1-14-4-2-5-15(12-14)21-26-20(22(29)25-18-7-3-6-17(24)13-18)27-28(21)19-10-8-16(23)9-11-19/h2-13H,1H3,(H,25,29). The van der Waals surface area contributed by atoms with Gasteiger partial charge in [0.1, 0.15) is 0 Å². The molecule has 5 nitrogen and oxygen atoms in total. The van der Waals surface area contributed by atoms with Crippen LogP contribution in [0.4, 0.5) is 5.69 Å². The molecule has 0 bridgehead atoms. The van der Waals surface area contributed by atoms with E-state index in [1.54, 1.807) is 4.68 Å². The normalized spacial score (nSPS) is 10.7. The summed E-state index contributed by atoms with van der Waals surface area (Å²) in [6.07, 6.45) is 0. The molecule has 0 aliphatic rings. The second kappa shape index (κ2) is 8.31. The Morgan fingerprint density at radius 2 is 1.69 bits per heavy atom. The van der Waals surface area contributed by atoms with E-state index in [1.807, 2.05) is 79.7 Å². The zero-order valence-corrected chi connectivity index (χ0v) is 18.6. The number of aryl methyl sites for hydroxylation is 1. The summed E-state index contributed by atoms with van der Waals surface area (Å²) in [6, 6.07) is 23.1. The minimum atomic E-state index is -0.368. The Morgan fingerprint density at radius 1 is 0.931 bits per heavy atom. The molecule has 1 heterocycles. The van der Waals surface area contributed by atoms with Crippen LogP contribution in [0.5, 0.6) is 0 Å². The van der Waals surface area contributed by atoms with Crippen molar-refractivity contribution in [2.45, 2.75) is 6.92 Å². The minimum absolute atomic E-state index is 0.101. The van der Waals surface area contributed by atoms with Crippen molar-refractivity contribution in [1.82, 2.24) is 14.8 Å². The third-order valence-corrected chi connectivity index (χ3v) is 5.26. The molecule has 144 valence electrons. The van der Waals surface area contributed by atoms with Gasteiger partial charge in [-0.05, 0) is 55.5 Å². The maximum Gasteiger partial charge on any atom is 0.295 e. The molecule has 0 radical (unpaired) electrons. The molecule has 3 aromatic carbocycles. The zero-order chi connectivity index (χ0) is 20.4. The maximum atomic E-state index is 12.8. The number of carbonyl (C=O) groups excluding carboxylic acids is 1. The van der Waals surface area contributed by atoms with E-state index in [2.05, 4.69) is 47.3 Å². The highest BCUT2D eigenvalue weighted by Gasteiger charge is 2.19. The van der Waals surface area contributed by atoms with Crippen LogP contribution in [-0.4, -0.2) is 20.7 Å². The monoisotopic (exact) mass is 510 g/mol. The van der Waals surface area contributed by atoms with Crippen molar-refractivity contribution in [1.29, 1.82) is 0 Å². The Balaban J connectivity index is 1.76. The van der Waals surface area contributed by atoms with Crippen LogP contribution in [0.1, 0.15) is 16.2 Å². The van der Waals surface area contributed by atoms with Crippen LogP contribution in [0, 0.1) is 6.92 Å². The molecule has 0 atom stereocenters. The van der Waals surface area contributed by atoms with Crippen LogP contribution in [0.25, 0.3) is 17.1 Å². The average molecular weight is 512 g/mol. The molecule has 1 N–H and O–H groups in total. The molecule has 1 amide bonds. The summed E-state index contributed by atoms with van der Waals surface area (Å²) in [7, 11) is 0. The first-order chi connectivity index (χ1) is 14.0. The van der Waals surface area contributed by atoms with E-state index in [4.69, 9.17) is 0 Å². The third kappa shape index (κ3) is 4.46. The van der Waals surface area contributed by atoms with Gasteiger partial charge in [-0.1, -0.05) is 61.7 Å². The van der Waals surface area contributed by atoms with Crippen molar-refractivity contribution in [3.8, 4) is 17.1 Å². The van der Waals surface area contributed by atoms with Gasteiger partial charge in [0, 0.05) is 20.2 Å². The molecule has 4 rings (SSSR count). The number of carbonyl (C=O) groups is 1. The van der Waals surface area contributed by atoms with E-state index in [-0.39, 0.29) is 11.7 Å². The van der Waals surface area contributed by atoms with Crippen molar-refractivity contribution in [3.63, 3.8) is 0 Å². The van der Waals surface area contributed by atoms with Crippen LogP contribution in [0.15, 0.2) is 81.7 Å². The van der Waals surface area contributed by atoms with Gasteiger partial charge in [-0.2, -0.15) is 0 Å². The lowest BCUT2D eigenvalue weighted by atomic mass is 10.1. The van der Waals surface area contributed by atoms with Crippen LogP contribution < -0.4 is 5.32 Å². The highest BCUT2D eigenvalue weighted by atomic mass is 79.9. The van der Waals surface area contributed by atoms with E-state index >= 15 is 0 Å². The predicted octanol–water partition coefficient (Wildman–Crippen LogP) is 6.02. The van der Waals surface area contributed by atoms with E-state index in [0.29, 0.717) is 11.5 Å². The fourth-order valence-corrected chi connectivity index (χ4v) is 3.56. The summed E-state index contributed by atoms with van der Waals surface area (Å²) in [6.45, 7) is 2.02. The second-order valence-corrected chi connectivity index (χ2v) is 8.31. The number of rotatable bonds is 4. The largest absolute Gasteiger partial charge is 0.319 e. The Labute approximate surface area is 185 Å². The fourth-order valence-electron chi connectivity index (χ4n) is 2.89. The molecule has 4 aromatic rings. The quantitative estimate of drug-likeness (QED) is 0.364. The van der Waals surface area contributed by atoms with Gasteiger partial charge in [-0.3, -0.25) is 4.79 Å². The van der Waals surface area contributed by atoms with Gasteiger partial charge in [0.25, 0.3) is 5.91 Å². The van der Waals surface area contributed by atoms with Gasteiger partial charge in [0.05, 0.1) is 5.69 Å². The van der Waals surface area contributed by atoms with E-state index in [9.17, 15) is 4.79 Å². The lowest BCUT2D eigenvalue weighted by Gasteiger charge is -2.06. The first-order valence-corrected chi connectivity index (χ1v) is 10.5. The van der Waals surface area contributed by atoms with Crippen LogP contribution in [0.3, 0.4) is 0 Å². The van der Waals surface area contributed by atoms with Crippen molar-refractivity contribution in [3.05, 3.63) is 93.1 Å². The molecule has 1 aromatic heterocycles. The number of aromatic nitrogens is 3. The predicted molar refractivity (Wildman–Crippen MR) is 121 cm³/mol. The molecule has 0 fully saturated rings. The Bertz CT molecular complexity index is 1190. The van der Waals surface area contributed by atoms with Crippen LogP contribution in [-0.2, 0) is 0 Å². The van der Waals surface area contributed by atoms with Gasteiger partial charge in [0.2, 0.25) is 5.82 Å². The fraction of sp³-hybridized carbons (Fsp3) is 0.0455. The lowest BCUT2D eigenvalue weighted by molar-refractivity contribution is 0.101. The summed E-state index contributed by atoms with van der Waals surface area (Å²) in [5.41, 5.74) is 3.48. The summed E-state index contributed by atoms with van der Waals surface area (Å²) in [5.74, 6) is 0.340. The summed E-state index contributed by atoms with van der Waals surface area (Å²) in [4.78, 5) is 17.4. The van der Waals surface area contributed by atoms with Crippen molar-refractivity contribution in [2.24, 2.45) is 0 Å². The zero-order valence-electron chi connectivity index (χ0n) is 15.4. The molecule has 0 aliphatic heterocycles. The molecule has 7 heteroatoms. The number of hydrogen-bond donors (Lipinski definition) is 1. The van der Waals surface area contributed by atoms with E-state index in [0.717, 1.165) is 25.8 Å². The number of anilines is 1. The topological polar surface area (TPSA) is 59.8 Å². The first-order valence-electron chi connectivity index (χ1n) is 8.86. The van der Waals surface area contributed by atoms with E-state index < -0.39 is 0 Å². The van der Waals surface area contributed by atoms with Crippen LogP contribution in [0.2, 0.25) is 0 Å². The SMILES string of the molecule is Cc1cccc(-c2nc(C(=O)Nc3cccc(Br)c3)nn2-c2ccc(Br)cc2)c1. The number of benzene rings is 3. The van der Waals surface area contributed by atoms with Gasteiger partial charge in [-0.15, -0.1) is 5.10 Å². The summed E-state index contributed by atoms with van der Waals surface area (Å²) in [5, 5.41) is 7.35. The highest BCUT2D eigenvalue weighted by Crippen LogP contribution is 2.24. The van der Waals surface area contributed by atoms with Gasteiger partial charge < -0.3 is 5.32 Å². The molecule has 0 saturated heterocycles. The Morgan fingerprint density at radius 3 is 2.41 bits per heavy atom. The molecule has 0 aliphatic carbocycles. The maximum absolute atomic E-state index is 12.8. The average Bonchev–Trinajstić information content (AvgIpc) is 3.14. The smallest absolute Gasteiger partial charge is 0.295 e. The molecule has 0 unspecified atom stereocenters. The Hall–Kier alpha value is -2.77. The Kier molecular flexibility index (Phi) is 5.60. The van der Waals surface area contributed by atoms with Crippen molar-refractivity contribution in [2.75, 3.05) is 5.32 Å². The number of nitrogens with one attached hydrogen (secondary N) is 1. The van der Waals surface area contributed by atoms with E-state index in [1.165, 1.54) is 0 Å². The highest BCUT2D eigenvalue weighted by molar-refractivity contribution is 9.10. The molecule has 0 saturated carbocycles. The van der Waals surface area contributed by atoms with Crippen molar-refractivity contribution >= 4 is 43.5 Å².